The number of rotatable bonds is 6. The Bertz CT molecular complexity index is 1200. The number of alkyl halides is 3. The lowest BCUT2D eigenvalue weighted by Gasteiger charge is -2.34. The Labute approximate surface area is 194 Å². The Kier molecular flexibility index (Phi) is 5.95. The quantitative estimate of drug-likeness (QED) is 0.638. The van der Waals surface area contributed by atoms with Crippen LogP contribution in [0.3, 0.4) is 0 Å². The molecule has 0 bridgehead atoms. The summed E-state index contributed by atoms with van der Waals surface area (Å²) >= 11 is 0. The van der Waals surface area contributed by atoms with Crippen molar-refractivity contribution in [2.75, 3.05) is 24.5 Å². The molecule has 182 valence electrons. The Morgan fingerprint density at radius 1 is 1.09 bits per heavy atom. The molecule has 34 heavy (non-hydrogen) atoms. The first-order chi connectivity index (χ1) is 15.9. The van der Waals surface area contributed by atoms with E-state index in [4.69, 9.17) is 0 Å². The van der Waals surface area contributed by atoms with Crippen LogP contribution in [-0.2, 0) is 26.0 Å². The Morgan fingerprint density at radius 3 is 2.24 bits per heavy atom. The first-order valence-electron chi connectivity index (χ1n) is 10.4. The lowest BCUT2D eigenvalue weighted by Crippen LogP contribution is -2.58. The third kappa shape index (κ3) is 4.17. The standard InChI is InChI=1S/C22H22F3N3O5S/c1-14-19(15-5-3-2-4-6-15)21(14,20(30)31)26-34(32,33)27-11-12-28(18(29)13-27)17-9-7-16(8-10-17)22(23,24)25/h2-10,14,19,26H,11-13H2,1H3,(H,30,31)/t14?,19-,21-/m0/s1. The molecule has 1 aliphatic carbocycles. The van der Waals surface area contributed by atoms with Gasteiger partial charge in [0.2, 0.25) is 5.91 Å². The van der Waals surface area contributed by atoms with E-state index in [0.29, 0.717) is 5.56 Å². The number of halogens is 3. The zero-order chi connectivity index (χ0) is 24.9. The van der Waals surface area contributed by atoms with Crippen LogP contribution in [0.1, 0.15) is 24.0 Å². The summed E-state index contributed by atoms with van der Waals surface area (Å²) in [5.41, 5.74) is -1.71. The summed E-state index contributed by atoms with van der Waals surface area (Å²) < 4.78 is 67.6. The molecule has 2 fully saturated rings. The van der Waals surface area contributed by atoms with Crippen molar-refractivity contribution in [3.63, 3.8) is 0 Å². The maximum absolute atomic E-state index is 13.1. The van der Waals surface area contributed by atoms with Crippen molar-refractivity contribution in [3.05, 3.63) is 65.7 Å². The van der Waals surface area contributed by atoms with E-state index in [1.807, 2.05) is 0 Å². The van der Waals surface area contributed by atoms with Crippen LogP contribution in [0.15, 0.2) is 54.6 Å². The fourth-order valence-electron chi connectivity index (χ4n) is 4.54. The van der Waals surface area contributed by atoms with Crippen molar-refractivity contribution >= 4 is 27.8 Å². The van der Waals surface area contributed by atoms with Crippen LogP contribution < -0.4 is 9.62 Å². The van der Waals surface area contributed by atoms with E-state index < -0.39 is 57.7 Å². The number of hydrogen-bond acceptors (Lipinski definition) is 4. The smallest absolute Gasteiger partial charge is 0.416 e. The van der Waals surface area contributed by atoms with Gasteiger partial charge in [-0.1, -0.05) is 37.3 Å². The summed E-state index contributed by atoms with van der Waals surface area (Å²) in [5, 5.41) is 9.89. The summed E-state index contributed by atoms with van der Waals surface area (Å²) in [5.74, 6) is -3.05. The summed E-state index contributed by atoms with van der Waals surface area (Å²) in [4.78, 5) is 26.0. The van der Waals surface area contributed by atoms with Crippen LogP contribution in [0.2, 0.25) is 0 Å². The van der Waals surface area contributed by atoms with Gasteiger partial charge in [-0.25, -0.2) is 0 Å². The van der Waals surface area contributed by atoms with E-state index in [9.17, 15) is 36.3 Å². The van der Waals surface area contributed by atoms with Crippen LogP contribution >= 0.6 is 0 Å². The van der Waals surface area contributed by atoms with Crippen LogP contribution in [-0.4, -0.2) is 54.9 Å². The molecule has 1 saturated heterocycles. The fourth-order valence-corrected chi connectivity index (χ4v) is 6.10. The summed E-state index contributed by atoms with van der Waals surface area (Å²) in [6.45, 7) is 0.823. The minimum Gasteiger partial charge on any atom is -0.480 e. The molecule has 3 atom stereocenters. The minimum atomic E-state index is -4.52. The molecule has 2 N–H and O–H groups in total. The van der Waals surface area contributed by atoms with Crippen LogP contribution in [0.4, 0.5) is 18.9 Å². The molecule has 1 amide bonds. The maximum atomic E-state index is 13.1. The van der Waals surface area contributed by atoms with E-state index in [1.54, 1.807) is 37.3 Å². The summed E-state index contributed by atoms with van der Waals surface area (Å²) in [7, 11) is -4.36. The number of anilines is 1. The molecule has 2 aromatic rings. The zero-order valence-corrected chi connectivity index (χ0v) is 18.8. The van der Waals surface area contributed by atoms with Gasteiger partial charge < -0.3 is 10.0 Å². The summed E-state index contributed by atoms with van der Waals surface area (Å²) in [6.07, 6.45) is -4.52. The fraction of sp³-hybridized carbons (Fsp3) is 0.364. The van der Waals surface area contributed by atoms with Crippen molar-refractivity contribution in [1.29, 1.82) is 0 Å². The normalized spacial score (nSPS) is 25.9. The number of benzene rings is 2. The third-order valence-electron chi connectivity index (χ3n) is 6.44. The second kappa shape index (κ2) is 8.36. The van der Waals surface area contributed by atoms with Gasteiger partial charge in [0.1, 0.15) is 5.54 Å². The molecule has 1 unspecified atom stereocenters. The monoisotopic (exact) mass is 497 g/mol. The number of carbonyl (C=O) groups excluding carboxylic acids is 1. The SMILES string of the molecule is CC1[C@@H](c2ccccc2)[C@]1(NS(=O)(=O)N1CCN(c2ccc(C(F)(F)F)cc2)C(=O)C1)C(=O)O. The average Bonchev–Trinajstić information content (AvgIpc) is 3.37. The number of carbonyl (C=O) groups is 2. The first-order valence-corrected chi connectivity index (χ1v) is 11.9. The van der Waals surface area contributed by atoms with E-state index in [1.165, 1.54) is 4.90 Å². The Morgan fingerprint density at radius 2 is 1.71 bits per heavy atom. The summed E-state index contributed by atoms with van der Waals surface area (Å²) in [6, 6.07) is 12.7. The van der Waals surface area contributed by atoms with E-state index in [2.05, 4.69) is 4.72 Å². The highest BCUT2D eigenvalue weighted by Gasteiger charge is 2.70. The van der Waals surface area contributed by atoms with Gasteiger partial charge in [0, 0.05) is 24.7 Å². The number of piperazine rings is 1. The number of carboxylic acids is 1. The lowest BCUT2D eigenvalue weighted by molar-refractivity contribution is -0.140. The maximum Gasteiger partial charge on any atom is 0.416 e. The highest BCUT2D eigenvalue weighted by Crippen LogP contribution is 2.58. The zero-order valence-electron chi connectivity index (χ0n) is 18.0. The molecule has 1 aliphatic heterocycles. The van der Waals surface area contributed by atoms with Gasteiger partial charge in [0.15, 0.2) is 0 Å². The van der Waals surface area contributed by atoms with E-state index in [-0.39, 0.29) is 18.8 Å². The van der Waals surface area contributed by atoms with Crippen LogP contribution in [0.5, 0.6) is 0 Å². The molecular formula is C22H22F3N3O5S. The van der Waals surface area contributed by atoms with Gasteiger partial charge in [-0.2, -0.15) is 30.6 Å². The number of hydrogen-bond donors (Lipinski definition) is 2. The minimum absolute atomic E-state index is 0.0944. The predicted molar refractivity (Wildman–Crippen MR) is 116 cm³/mol. The second-order valence-electron chi connectivity index (χ2n) is 8.38. The van der Waals surface area contributed by atoms with Gasteiger partial charge in [0.25, 0.3) is 10.2 Å². The van der Waals surface area contributed by atoms with Crippen molar-refractivity contribution in [3.8, 4) is 0 Å². The number of aliphatic carboxylic acids is 1. The number of nitrogens with zero attached hydrogens (tertiary/aromatic N) is 2. The van der Waals surface area contributed by atoms with Gasteiger partial charge >= 0.3 is 12.1 Å². The molecule has 4 rings (SSSR count). The van der Waals surface area contributed by atoms with Crippen molar-refractivity contribution in [2.45, 2.75) is 24.6 Å². The molecular weight excluding hydrogens is 475 g/mol. The van der Waals surface area contributed by atoms with Crippen molar-refractivity contribution in [1.82, 2.24) is 9.03 Å². The topological polar surface area (TPSA) is 107 Å². The van der Waals surface area contributed by atoms with Gasteiger partial charge in [-0.3, -0.25) is 9.59 Å². The molecule has 0 radical (unpaired) electrons. The first kappa shape index (κ1) is 24.2. The highest BCUT2D eigenvalue weighted by atomic mass is 32.2. The predicted octanol–water partition coefficient (Wildman–Crippen LogP) is 2.45. The highest BCUT2D eigenvalue weighted by molar-refractivity contribution is 7.87. The number of carboxylic acid groups (broad SMARTS) is 1. The Hall–Kier alpha value is -2.96. The van der Waals surface area contributed by atoms with Gasteiger partial charge in [0.05, 0.1) is 12.1 Å². The molecule has 1 heterocycles. The number of nitrogens with one attached hydrogen (secondary N) is 1. The van der Waals surface area contributed by atoms with Crippen molar-refractivity contribution in [2.24, 2.45) is 5.92 Å². The molecule has 0 spiro atoms. The third-order valence-corrected chi connectivity index (χ3v) is 8.03. The Balaban J connectivity index is 1.49. The number of amides is 1. The van der Waals surface area contributed by atoms with E-state index in [0.717, 1.165) is 28.6 Å². The molecule has 2 aromatic carbocycles. The molecule has 8 nitrogen and oxygen atoms in total. The molecule has 1 saturated carbocycles. The molecule has 0 aromatic heterocycles. The second-order valence-corrected chi connectivity index (χ2v) is 10.1. The van der Waals surface area contributed by atoms with Crippen molar-refractivity contribution < 1.29 is 36.3 Å². The van der Waals surface area contributed by atoms with Crippen LogP contribution in [0, 0.1) is 5.92 Å². The van der Waals surface area contributed by atoms with Gasteiger partial charge in [-0.05, 0) is 35.7 Å². The average molecular weight is 497 g/mol. The molecule has 12 heteroatoms. The largest absolute Gasteiger partial charge is 0.480 e. The van der Waals surface area contributed by atoms with Crippen LogP contribution in [0.25, 0.3) is 0 Å². The van der Waals surface area contributed by atoms with E-state index >= 15 is 0 Å². The lowest BCUT2D eigenvalue weighted by atomic mass is 10.1. The molecule has 2 aliphatic rings. The van der Waals surface area contributed by atoms with Gasteiger partial charge in [-0.15, -0.1) is 0 Å².